The second-order valence-electron chi connectivity index (χ2n) is 7.11. The Labute approximate surface area is 184 Å². The highest BCUT2D eigenvalue weighted by molar-refractivity contribution is 6.37. The number of halogens is 2. The van der Waals surface area contributed by atoms with Crippen LogP contribution in [0.15, 0.2) is 48.5 Å². The molecule has 0 spiro atoms. The molecule has 4 rings (SSSR count). The second-order valence-corrected chi connectivity index (χ2v) is 7.93. The zero-order valence-electron chi connectivity index (χ0n) is 16.3. The van der Waals surface area contributed by atoms with Crippen molar-refractivity contribution in [1.82, 2.24) is 19.8 Å². The van der Waals surface area contributed by atoms with Crippen LogP contribution in [-0.4, -0.2) is 51.9 Å². The molecule has 8 heteroatoms. The van der Waals surface area contributed by atoms with E-state index in [1.165, 1.54) is 6.08 Å². The third-order valence-corrected chi connectivity index (χ3v) is 5.78. The lowest BCUT2D eigenvalue weighted by molar-refractivity contribution is -0.127. The van der Waals surface area contributed by atoms with Crippen molar-refractivity contribution in [2.45, 2.75) is 6.54 Å². The molecule has 2 heterocycles. The molecule has 0 radical (unpaired) electrons. The largest absolute Gasteiger partial charge is 0.383 e. The van der Waals surface area contributed by atoms with E-state index < -0.39 is 0 Å². The highest BCUT2D eigenvalue weighted by Crippen LogP contribution is 2.25. The number of para-hydroxylation sites is 1. The van der Waals surface area contributed by atoms with Crippen LogP contribution in [0.5, 0.6) is 0 Å². The van der Waals surface area contributed by atoms with Gasteiger partial charge in [-0.3, -0.25) is 9.69 Å². The number of piperazine rings is 1. The Kier molecular flexibility index (Phi) is 6.18. The van der Waals surface area contributed by atoms with Gasteiger partial charge in [-0.05, 0) is 30.3 Å². The van der Waals surface area contributed by atoms with E-state index in [0.29, 0.717) is 46.9 Å². The lowest BCUT2D eigenvalue weighted by Crippen LogP contribution is -2.48. The van der Waals surface area contributed by atoms with Crippen LogP contribution in [0.25, 0.3) is 17.0 Å². The molecule has 0 atom stereocenters. The SMILES string of the molecule is Nc1nc(CN2CCN(C(=O)/C=C/c3c(Cl)cccc3Cl)CC2)nc2ccccc12. The average molecular weight is 442 g/mol. The van der Waals surface area contributed by atoms with E-state index in [1.807, 2.05) is 29.2 Å². The monoisotopic (exact) mass is 441 g/mol. The first-order chi connectivity index (χ1) is 14.5. The van der Waals surface area contributed by atoms with Crippen molar-refractivity contribution < 1.29 is 4.79 Å². The van der Waals surface area contributed by atoms with Crippen molar-refractivity contribution in [2.75, 3.05) is 31.9 Å². The molecule has 1 fully saturated rings. The van der Waals surface area contributed by atoms with Crippen LogP contribution in [-0.2, 0) is 11.3 Å². The number of hydrogen-bond donors (Lipinski definition) is 1. The second kappa shape index (κ2) is 9.00. The Morgan fingerprint density at radius 1 is 1.00 bits per heavy atom. The van der Waals surface area contributed by atoms with Crippen LogP contribution in [0, 0.1) is 0 Å². The van der Waals surface area contributed by atoms with Crippen molar-refractivity contribution in [3.63, 3.8) is 0 Å². The first kappa shape index (κ1) is 20.6. The third kappa shape index (κ3) is 4.56. The van der Waals surface area contributed by atoms with Gasteiger partial charge in [-0.2, -0.15) is 0 Å². The van der Waals surface area contributed by atoms with Gasteiger partial charge in [0, 0.05) is 53.2 Å². The first-order valence-corrected chi connectivity index (χ1v) is 10.4. The molecule has 0 saturated carbocycles. The maximum absolute atomic E-state index is 12.5. The van der Waals surface area contributed by atoms with Crippen LogP contribution in [0.3, 0.4) is 0 Å². The number of hydrogen-bond acceptors (Lipinski definition) is 5. The minimum atomic E-state index is -0.0585. The van der Waals surface area contributed by atoms with Gasteiger partial charge in [-0.25, -0.2) is 9.97 Å². The van der Waals surface area contributed by atoms with E-state index in [9.17, 15) is 4.79 Å². The summed E-state index contributed by atoms with van der Waals surface area (Å²) in [4.78, 5) is 25.6. The first-order valence-electron chi connectivity index (χ1n) is 9.66. The summed E-state index contributed by atoms with van der Waals surface area (Å²) < 4.78 is 0. The van der Waals surface area contributed by atoms with Crippen molar-refractivity contribution in [1.29, 1.82) is 0 Å². The van der Waals surface area contributed by atoms with E-state index in [-0.39, 0.29) is 5.91 Å². The number of nitrogens with zero attached hydrogens (tertiary/aromatic N) is 4. The van der Waals surface area contributed by atoms with E-state index in [4.69, 9.17) is 28.9 Å². The molecular formula is C22H21Cl2N5O. The van der Waals surface area contributed by atoms with Crippen molar-refractivity contribution in [3.05, 3.63) is 70.0 Å². The summed E-state index contributed by atoms with van der Waals surface area (Å²) in [7, 11) is 0. The third-order valence-electron chi connectivity index (χ3n) is 5.12. The van der Waals surface area contributed by atoms with Gasteiger partial charge in [-0.1, -0.05) is 41.4 Å². The molecular weight excluding hydrogens is 421 g/mol. The number of carbonyl (C=O) groups is 1. The molecule has 1 aliphatic rings. The Balaban J connectivity index is 1.36. The minimum absolute atomic E-state index is 0.0585. The van der Waals surface area contributed by atoms with Gasteiger partial charge in [0.25, 0.3) is 0 Å². The molecule has 1 amide bonds. The molecule has 2 N–H and O–H groups in total. The Morgan fingerprint density at radius 3 is 2.43 bits per heavy atom. The zero-order valence-corrected chi connectivity index (χ0v) is 17.8. The summed E-state index contributed by atoms with van der Waals surface area (Å²) in [5.74, 6) is 1.13. The van der Waals surface area contributed by atoms with Crippen LogP contribution >= 0.6 is 23.2 Å². The molecule has 3 aromatic rings. The van der Waals surface area contributed by atoms with Crippen molar-refractivity contribution in [2.24, 2.45) is 0 Å². The fraction of sp³-hybridized carbons (Fsp3) is 0.227. The molecule has 154 valence electrons. The Hall–Kier alpha value is -2.67. The Morgan fingerprint density at radius 2 is 1.70 bits per heavy atom. The minimum Gasteiger partial charge on any atom is -0.383 e. The number of nitrogen functional groups attached to an aromatic ring is 1. The van der Waals surface area contributed by atoms with Crippen LogP contribution in [0.2, 0.25) is 10.0 Å². The number of fused-ring (bicyclic) bond motifs is 1. The van der Waals surface area contributed by atoms with Gasteiger partial charge < -0.3 is 10.6 Å². The number of nitrogens with two attached hydrogens (primary N) is 1. The lowest BCUT2D eigenvalue weighted by Gasteiger charge is -2.33. The summed E-state index contributed by atoms with van der Waals surface area (Å²) >= 11 is 12.3. The average Bonchev–Trinajstić information content (AvgIpc) is 2.74. The Bertz CT molecular complexity index is 1090. The van der Waals surface area contributed by atoms with E-state index in [1.54, 1.807) is 24.3 Å². The molecule has 1 saturated heterocycles. The lowest BCUT2D eigenvalue weighted by atomic mass is 10.2. The number of aromatic nitrogens is 2. The quantitative estimate of drug-likeness (QED) is 0.621. The standard InChI is InChI=1S/C22H21Cl2N5O/c23-17-5-3-6-18(24)15(17)8-9-21(30)29-12-10-28(11-13-29)14-20-26-19-7-2-1-4-16(19)22(25)27-20/h1-9H,10-14H2,(H2,25,26,27)/b9-8+. The number of anilines is 1. The fourth-order valence-electron chi connectivity index (χ4n) is 3.48. The van der Waals surface area contributed by atoms with Gasteiger partial charge in [0.05, 0.1) is 12.1 Å². The summed E-state index contributed by atoms with van der Waals surface area (Å²) in [6.07, 6.45) is 3.20. The summed E-state index contributed by atoms with van der Waals surface area (Å²) in [5, 5.41) is 1.90. The summed E-state index contributed by atoms with van der Waals surface area (Å²) in [5.41, 5.74) is 7.57. The van der Waals surface area contributed by atoms with Crippen LogP contribution in [0.1, 0.15) is 11.4 Å². The highest BCUT2D eigenvalue weighted by Gasteiger charge is 2.21. The molecule has 0 unspecified atom stereocenters. The number of carbonyl (C=O) groups excluding carboxylic acids is 1. The maximum Gasteiger partial charge on any atom is 0.246 e. The number of rotatable bonds is 4. The molecule has 0 bridgehead atoms. The van der Waals surface area contributed by atoms with Gasteiger partial charge in [0.15, 0.2) is 0 Å². The van der Waals surface area contributed by atoms with Gasteiger partial charge in [0.2, 0.25) is 5.91 Å². The van der Waals surface area contributed by atoms with Gasteiger partial charge >= 0.3 is 0 Å². The van der Waals surface area contributed by atoms with Crippen molar-refractivity contribution >= 4 is 51.9 Å². The van der Waals surface area contributed by atoms with Crippen LogP contribution < -0.4 is 5.73 Å². The predicted octanol–water partition coefficient (Wildman–Crippen LogP) is 3.88. The summed E-state index contributed by atoms with van der Waals surface area (Å²) in [6, 6.07) is 13.0. The maximum atomic E-state index is 12.5. The molecule has 2 aromatic carbocycles. The molecule has 1 aromatic heterocycles. The van der Waals surface area contributed by atoms with Crippen LogP contribution in [0.4, 0.5) is 5.82 Å². The zero-order chi connectivity index (χ0) is 21.1. The molecule has 1 aliphatic heterocycles. The van der Waals surface area contributed by atoms with E-state index in [0.717, 1.165) is 24.0 Å². The predicted molar refractivity (Wildman–Crippen MR) is 121 cm³/mol. The fourth-order valence-corrected chi connectivity index (χ4v) is 4.00. The van der Waals surface area contributed by atoms with Gasteiger partial charge in [-0.15, -0.1) is 0 Å². The number of amides is 1. The molecule has 30 heavy (non-hydrogen) atoms. The normalized spacial score (nSPS) is 15.2. The smallest absolute Gasteiger partial charge is 0.246 e. The van der Waals surface area contributed by atoms with E-state index >= 15 is 0 Å². The van der Waals surface area contributed by atoms with E-state index in [2.05, 4.69) is 14.9 Å². The molecule has 0 aliphatic carbocycles. The van der Waals surface area contributed by atoms with Crippen molar-refractivity contribution in [3.8, 4) is 0 Å². The van der Waals surface area contributed by atoms with Gasteiger partial charge in [0.1, 0.15) is 11.6 Å². The summed E-state index contributed by atoms with van der Waals surface area (Å²) in [6.45, 7) is 3.33. The molecule has 6 nitrogen and oxygen atoms in total. The highest BCUT2D eigenvalue weighted by atomic mass is 35.5. The topological polar surface area (TPSA) is 75.3 Å². The number of benzene rings is 2.